The predicted octanol–water partition coefficient (Wildman–Crippen LogP) is 3.92. The van der Waals surface area contributed by atoms with E-state index in [1.165, 1.54) is 19.3 Å². The molecule has 150 valence electrons. The van der Waals surface area contributed by atoms with Crippen molar-refractivity contribution in [3.63, 3.8) is 0 Å². The largest absolute Gasteiger partial charge is 0.355 e. The first-order valence-electron chi connectivity index (χ1n) is 10.8. The summed E-state index contributed by atoms with van der Waals surface area (Å²) in [6, 6.07) is 11.9. The number of nitrogens with one attached hydrogen (secondary N) is 1. The summed E-state index contributed by atoms with van der Waals surface area (Å²) in [5.41, 5.74) is 3.37. The molecule has 0 saturated heterocycles. The zero-order valence-corrected chi connectivity index (χ0v) is 16.7. The first-order chi connectivity index (χ1) is 14.3. The van der Waals surface area contributed by atoms with Crippen LogP contribution in [0.4, 0.5) is 5.82 Å². The van der Waals surface area contributed by atoms with Crippen molar-refractivity contribution in [2.45, 2.75) is 38.5 Å². The van der Waals surface area contributed by atoms with Gasteiger partial charge in [-0.2, -0.15) is 0 Å². The third-order valence-corrected chi connectivity index (χ3v) is 5.91. The Morgan fingerprint density at radius 2 is 1.90 bits per heavy atom. The first-order valence-corrected chi connectivity index (χ1v) is 10.8. The van der Waals surface area contributed by atoms with E-state index in [2.05, 4.69) is 21.3 Å². The Balaban J connectivity index is 1.57. The molecule has 1 saturated carbocycles. The van der Waals surface area contributed by atoms with E-state index in [1.807, 2.05) is 41.0 Å². The summed E-state index contributed by atoms with van der Waals surface area (Å²) in [6.07, 6.45) is 8.99. The van der Waals surface area contributed by atoms with Crippen molar-refractivity contribution in [1.82, 2.24) is 19.9 Å². The van der Waals surface area contributed by atoms with Crippen molar-refractivity contribution in [1.29, 1.82) is 0 Å². The van der Waals surface area contributed by atoms with Crippen molar-refractivity contribution < 1.29 is 4.79 Å². The Morgan fingerprint density at radius 1 is 1.03 bits per heavy atom. The zero-order chi connectivity index (χ0) is 19.6. The smallest absolute Gasteiger partial charge is 0.251 e. The number of nitrogens with zero attached hydrogens (tertiary/aromatic N) is 4. The molecule has 0 spiro atoms. The number of amides is 1. The Hall–Kier alpha value is -2.89. The van der Waals surface area contributed by atoms with E-state index < -0.39 is 0 Å². The lowest BCUT2D eigenvalue weighted by Gasteiger charge is -2.24. The van der Waals surface area contributed by atoms with Gasteiger partial charge in [0.05, 0.1) is 11.9 Å². The molecule has 6 heteroatoms. The summed E-state index contributed by atoms with van der Waals surface area (Å²) in [4.78, 5) is 19.5. The van der Waals surface area contributed by atoms with Crippen LogP contribution >= 0.6 is 0 Å². The van der Waals surface area contributed by atoms with Crippen LogP contribution in [0.1, 0.15) is 48.9 Å². The number of hydrogen-bond acceptors (Lipinski definition) is 4. The minimum Gasteiger partial charge on any atom is -0.355 e. The second-order valence-electron chi connectivity index (χ2n) is 8.25. The maximum absolute atomic E-state index is 12.5. The minimum absolute atomic E-state index is 0.0166. The highest BCUT2D eigenvalue weighted by Gasteiger charge is 2.25. The van der Waals surface area contributed by atoms with E-state index in [9.17, 15) is 4.79 Å². The molecular weight excluding hydrogens is 362 g/mol. The molecule has 6 nitrogen and oxygen atoms in total. The van der Waals surface area contributed by atoms with Crippen LogP contribution in [0.15, 0.2) is 42.6 Å². The molecule has 1 aliphatic carbocycles. The summed E-state index contributed by atoms with van der Waals surface area (Å²) in [5, 5.41) is 8.01. The highest BCUT2D eigenvalue weighted by atomic mass is 16.1. The van der Waals surface area contributed by atoms with Gasteiger partial charge in [-0.25, -0.2) is 9.50 Å². The van der Waals surface area contributed by atoms with Gasteiger partial charge in [-0.15, -0.1) is 5.10 Å². The monoisotopic (exact) mass is 389 g/mol. The molecule has 1 N–H and O–H groups in total. The lowest BCUT2D eigenvalue weighted by molar-refractivity contribution is 0.0953. The molecule has 1 aromatic carbocycles. The topological polar surface area (TPSA) is 62.5 Å². The van der Waals surface area contributed by atoms with E-state index in [-0.39, 0.29) is 5.91 Å². The summed E-state index contributed by atoms with van der Waals surface area (Å²) >= 11 is 0. The van der Waals surface area contributed by atoms with E-state index >= 15 is 0 Å². The van der Waals surface area contributed by atoms with Crippen LogP contribution in [0.3, 0.4) is 0 Å². The van der Waals surface area contributed by atoms with E-state index in [4.69, 9.17) is 5.10 Å². The third-order valence-electron chi connectivity index (χ3n) is 5.91. The summed E-state index contributed by atoms with van der Waals surface area (Å²) < 4.78 is 1.91. The average molecular weight is 390 g/mol. The Morgan fingerprint density at radius 3 is 2.79 bits per heavy atom. The molecule has 2 aliphatic rings. The normalized spacial score (nSPS) is 18.2. The molecule has 0 atom stereocenters. The van der Waals surface area contributed by atoms with Crippen LogP contribution in [0.25, 0.3) is 16.9 Å². The number of hydrogen-bond donors (Lipinski definition) is 1. The quantitative estimate of drug-likeness (QED) is 0.722. The fraction of sp³-hybridized carbons (Fsp3) is 0.435. The van der Waals surface area contributed by atoms with Crippen molar-refractivity contribution in [3.8, 4) is 11.3 Å². The van der Waals surface area contributed by atoms with Crippen molar-refractivity contribution in [2.24, 2.45) is 5.92 Å². The number of carbonyl (C=O) groups is 1. The number of carbonyl (C=O) groups excluding carboxylic acids is 1. The standard InChI is InChI=1S/C23H27N5O/c29-23-19-7-5-6-18(14-19)20-15-25-21-10-11-22(26-28(20)21)27(16-17-8-9-17)13-4-2-1-3-12-24-23/h5-7,10-11,14-15,17H,1-4,8-9,12-13,16H2,(H,24,29). The van der Waals surface area contributed by atoms with Gasteiger partial charge in [-0.05, 0) is 55.9 Å². The number of benzene rings is 1. The van der Waals surface area contributed by atoms with Crippen LogP contribution in [0, 0.1) is 5.92 Å². The van der Waals surface area contributed by atoms with Crippen molar-refractivity contribution >= 4 is 17.4 Å². The maximum Gasteiger partial charge on any atom is 0.251 e. The molecule has 0 unspecified atom stereocenters. The van der Waals surface area contributed by atoms with Gasteiger partial charge >= 0.3 is 0 Å². The van der Waals surface area contributed by atoms with Gasteiger partial charge < -0.3 is 10.2 Å². The molecule has 2 aromatic heterocycles. The van der Waals surface area contributed by atoms with Gasteiger partial charge in [0.2, 0.25) is 0 Å². The molecule has 1 aliphatic heterocycles. The van der Waals surface area contributed by atoms with Gasteiger partial charge in [0.15, 0.2) is 5.65 Å². The molecule has 3 heterocycles. The highest BCUT2D eigenvalue weighted by Crippen LogP contribution is 2.31. The average Bonchev–Trinajstić information content (AvgIpc) is 3.47. The SMILES string of the molecule is O=C1NCCCCCCN(CC2CC2)c2ccc3ncc(n3n2)-c2cccc1c2. The molecular formula is C23H27N5O. The lowest BCUT2D eigenvalue weighted by Crippen LogP contribution is -2.28. The second-order valence-corrected chi connectivity index (χ2v) is 8.25. The Labute approximate surface area is 170 Å². The predicted molar refractivity (Wildman–Crippen MR) is 114 cm³/mol. The zero-order valence-electron chi connectivity index (χ0n) is 16.7. The molecule has 3 aromatic rings. The third kappa shape index (κ3) is 3.97. The van der Waals surface area contributed by atoms with Crippen molar-refractivity contribution in [3.05, 3.63) is 48.2 Å². The van der Waals surface area contributed by atoms with Crippen LogP contribution < -0.4 is 10.2 Å². The maximum atomic E-state index is 12.5. The van der Waals surface area contributed by atoms with Gasteiger partial charge in [-0.1, -0.05) is 25.0 Å². The second kappa shape index (κ2) is 7.85. The molecule has 1 fully saturated rings. The summed E-state index contributed by atoms with van der Waals surface area (Å²) in [6.45, 7) is 2.85. The van der Waals surface area contributed by atoms with Crippen LogP contribution in [-0.2, 0) is 0 Å². The number of anilines is 1. The van der Waals surface area contributed by atoms with E-state index in [0.717, 1.165) is 67.5 Å². The number of aromatic nitrogens is 3. The summed E-state index contributed by atoms with van der Waals surface area (Å²) in [5.74, 6) is 1.81. The summed E-state index contributed by atoms with van der Waals surface area (Å²) in [7, 11) is 0. The number of imidazole rings is 1. The van der Waals surface area contributed by atoms with E-state index in [1.54, 1.807) is 0 Å². The molecule has 0 radical (unpaired) electrons. The number of fused-ring (bicyclic) bond motifs is 4. The van der Waals surface area contributed by atoms with Crippen molar-refractivity contribution in [2.75, 3.05) is 24.5 Å². The molecule has 5 rings (SSSR count). The fourth-order valence-electron chi connectivity index (χ4n) is 4.05. The fourth-order valence-corrected chi connectivity index (χ4v) is 4.05. The molecule has 4 bridgehead atoms. The van der Waals surface area contributed by atoms with Crippen LogP contribution in [0.5, 0.6) is 0 Å². The van der Waals surface area contributed by atoms with E-state index in [0.29, 0.717) is 5.56 Å². The van der Waals surface area contributed by atoms with Crippen LogP contribution in [-0.4, -0.2) is 40.1 Å². The molecule has 29 heavy (non-hydrogen) atoms. The van der Waals surface area contributed by atoms with Gasteiger partial charge in [0.25, 0.3) is 5.91 Å². The Kier molecular flexibility index (Phi) is 4.92. The molecule has 1 amide bonds. The van der Waals surface area contributed by atoms with Gasteiger partial charge in [0, 0.05) is 30.8 Å². The lowest BCUT2D eigenvalue weighted by atomic mass is 10.1. The highest BCUT2D eigenvalue weighted by molar-refractivity contribution is 5.95. The van der Waals surface area contributed by atoms with Gasteiger partial charge in [-0.3, -0.25) is 4.79 Å². The van der Waals surface area contributed by atoms with Crippen LogP contribution in [0.2, 0.25) is 0 Å². The number of rotatable bonds is 2. The first kappa shape index (κ1) is 18.2. The van der Waals surface area contributed by atoms with Gasteiger partial charge in [0.1, 0.15) is 5.82 Å². The Bertz CT molecular complexity index is 1020. The minimum atomic E-state index is -0.0166.